The molecule has 2 aliphatic rings. The van der Waals surface area contributed by atoms with Gasteiger partial charge in [-0.3, -0.25) is 9.59 Å². The van der Waals surface area contributed by atoms with E-state index in [2.05, 4.69) is 5.32 Å². The molecule has 3 rings (SSSR count). The van der Waals surface area contributed by atoms with Gasteiger partial charge in [0.1, 0.15) is 0 Å². The van der Waals surface area contributed by atoms with Gasteiger partial charge in [0.25, 0.3) is 0 Å². The summed E-state index contributed by atoms with van der Waals surface area (Å²) < 4.78 is 0. The van der Waals surface area contributed by atoms with Gasteiger partial charge in [-0.15, -0.1) is 0 Å². The number of rotatable bonds is 4. The SMILES string of the molecule is O=C(/C=C/c1ccccc1)NCC(=O)N1CC[C@@H]2CCCC[C@@H]2C1. The van der Waals surface area contributed by atoms with Crippen molar-refractivity contribution in [2.45, 2.75) is 32.1 Å². The number of piperidine rings is 1. The van der Waals surface area contributed by atoms with E-state index >= 15 is 0 Å². The molecular weight excluding hydrogens is 300 g/mol. The third-order valence-corrected chi connectivity index (χ3v) is 5.28. The molecule has 1 N–H and O–H groups in total. The first-order valence-corrected chi connectivity index (χ1v) is 9.01. The van der Waals surface area contributed by atoms with E-state index in [0.29, 0.717) is 5.92 Å². The molecule has 0 spiro atoms. The number of hydrogen-bond acceptors (Lipinski definition) is 2. The fourth-order valence-corrected chi connectivity index (χ4v) is 3.90. The lowest BCUT2D eigenvalue weighted by Crippen LogP contribution is -2.48. The van der Waals surface area contributed by atoms with Crippen LogP contribution in [0.25, 0.3) is 6.08 Å². The minimum absolute atomic E-state index is 0.0421. The van der Waals surface area contributed by atoms with E-state index in [1.54, 1.807) is 6.08 Å². The highest BCUT2D eigenvalue weighted by atomic mass is 16.2. The van der Waals surface area contributed by atoms with Crippen LogP contribution >= 0.6 is 0 Å². The molecule has 1 aliphatic heterocycles. The molecule has 24 heavy (non-hydrogen) atoms. The summed E-state index contributed by atoms with van der Waals surface area (Å²) in [6.07, 6.45) is 9.58. The molecule has 0 radical (unpaired) electrons. The lowest BCUT2D eigenvalue weighted by atomic mass is 9.75. The molecule has 1 aliphatic carbocycles. The van der Waals surface area contributed by atoms with Gasteiger partial charge in [0.05, 0.1) is 6.54 Å². The van der Waals surface area contributed by atoms with Crippen LogP contribution < -0.4 is 5.32 Å². The van der Waals surface area contributed by atoms with Crippen LogP contribution in [0.5, 0.6) is 0 Å². The molecule has 2 atom stereocenters. The zero-order valence-corrected chi connectivity index (χ0v) is 14.1. The predicted octanol–water partition coefficient (Wildman–Crippen LogP) is 2.85. The van der Waals surface area contributed by atoms with Crippen molar-refractivity contribution in [1.82, 2.24) is 10.2 Å². The van der Waals surface area contributed by atoms with Crippen molar-refractivity contribution in [2.75, 3.05) is 19.6 Å². The Morgan fingerprint density at radius 1 is 1.08 bits per heavy atom. The monoisotopic (exact) mass is 326 g/mol. The topological polar surface area (TPSA) is 49.4 Å². The molecule has 1 saturated carbocycles. The lowest BCUT2D eigenvalue weighted by Gasteiger charge is -2.41. The van der Waals surface area contributed by atoms with Gasteiger partial charge in [-0.05, 0) is 36.3 Å². The molecule has 1 aromatic rings. The summed E-state index contributed by atoms with van der Waals surface area (Å²) in [5, 5.41) is 2.71. The maximum absolute atomic E-state index is 12.3. The van der Waals surface area contributed by atoms with Crippen molar-refractivity contribution in [1.29, 1.82) is 0 Å². The van der Waals surface area contributed by atoms with E-state index < -0.39 is 0 Å². The van der Waals surface area contributed by atoms with Crippen molar-refractivity contribution in [3.63, 3.8) is 0 Å². The van der Waals surface area contributed by atoms with E-state index in [1.165, 1.54) is 31.8 Å². The zero-order valence-electron chi connectivity index (χ0n) is 14.1. The highest BCUT2D eigenvalue weighted by molar-refractivity contribution is 5.94. The second kappa shape index (κ2) is 8.13. The lowest BCUT2D eigenvalue weighted by molar-refractivity contribution is -0.134. The molecule has 1 saturated heterocycles. The zero-order chi connectivity index (χ0) is 16.8. The third-order valence-electron chi connectivity index (χ3n) is 5.28. The van der Waals surface area contributed by atoms with Gasteiger partial charge in [-0.1, -0.05) is 49.6 Å². The first kappa shape index (κ1) is 16.7. The molecule has 0 aromatic heterocycles. The van der Waals surface area contributed by atoms with Crippen LogP contribution in [-0.4, -0.2) is 36.3 Å². The summed E-state index contributed by atoms with van der Waals surface area (Å²) in [4.78, 5) is 26.1. The number of carbonyl (C=O) groups excluding carboxylic acids is 2. The van der Waals surface area contributed by atoms with Gasteiger partial charge in [0.2, 0.25) is 11.8 Å². The van der Waals surface area contributed by atoms with Gasteiger partial charge in [0.15, 0.2) is 0 Å². The number of likely N-dealkylation sites (tertiary alicyclic amines) is 1. The Labute approximate surface area is 143 Å². The molecular formula is C20H26N2O2. The first-order chi connectivity index (χ1) is 11.7. The normalized spacial score (nSPS) is 23.8. The number of carbonyl (C=O) groups is 2. The van der Waals surface area contributed by atoms with E-state index in [9.17, 15) is 9.59 Å². The van der Waals surface area contributed by atoms with Gasteiger partial charge >= 0.3 is 0 Å². The van der Waals surface area contributed by atoms with Crippen molar-refractivity contribution in [3.8, 4) is 0 Å². The van der Waals surface area contributed by atoms with Crippen LogP contribution in [-0.2, 0) is 9.59 Å². The summed E-state index contributed by atoms with van der Waals surface area (Å²) in [6, 6.07) is 9.66. The standard InChI is InChI=1S/C20H26N2O2/c23-19(11-10-16-6-2-1-3-7-16)21-14-20(24)22-13-12-17-8-4-5-9-18(17)15-22/h1-3,6-7,10-11,17-18H,4-5,8-9,12-15H2,(H,21,23)/b11-10+/t17-,18+/m0/s1. The van der Waals surface area contributed by atoms with Gasteiger partial charge in [-0.2, -0.15) is 0 Å². The molecule has 0 unspecified atom stereocenters. The summed E-state index contributed by atoms with van der Waals surface area (Å²) in [5.74, 6) is 1.30. The Kier molecular flexibility index (Phi) is 5.68. The van der Waals surface area contributed by atoms with Crippen LogP contribution in [0, 0.1) is 11.8 Å². The fourth-order valence-electron chi connectivity index (χ4n) is 3.90. The average molecular weight is 326 g/mol. The molecule has 2 fully saturated rings. The average Bonchev–Trinajstić information content (AvgIpc) is 2.65. The van der Waals surface area contributed by atoms with E-state index in [0.717, 1.165) is 31.0 Å². The van der Waals surface area contributed by atoms with E-state index in [-0.39, 0.29) is 18.4 Å². The van der Waals surface area contributed by atoms with Crippen molar-refractivity contribution in [2.24, 2.45) is 11.8 Å². The summed E-state index contributed by atoms with van der Waals surface area (Å²) >= 11 is 0. The molecule has 0 bridgehead atoms. The predicted molar refractivity (Wildman–Crippen MR) is 95.1 cm³/mol. The van der Waals surface area contributed by atoms with Crippen molar-refractivity contribution < 1.29 is 9.59 Å². The number of hydrogen-bond donors (Lipinski definition) is 1. The highest BCUT2D eigenvalue weighted by Crippen LogP contribution is 2.35. The third kappa shape index (κ3) is 4.47. The largest absolute Gasteiger partial charge is 0.343 e. The molecule has 4 heteroatoms. The minimum atomic E-state index is -0.222. The van der Waals surface area contributed by atoms with Gasteiger partial charge < -0.3 is 10.2 Å². The minimum Gasteiger partial charge on any atom is -0.343 e. The second-order valence-corrected chi connectivity index (χ2v) is 6.89. The number of amides is 2. The molecule has 1 aromatic carbocycles. The fraction of sp³-hybridized carbons (Fsp3) is 0.500. The molecule has 4 nitrogen and oxygen atoms in total. The van der Waals surface area contributed by atoms with Gasteiger partial charge in [-0.25, -0.2) is 0 Å². The summed E-state index contributed by atoms with van der Waals surface area (Å²) in [5.41, 5.74) is 0.971. The second-order valence-electron chi connectivity index (χ2n) is 6.89. The molecule has 1 heterocycles. The molecule has 2 amide bonds. The van der Waals surface area contributed by atoms with Crippen molar-refractivity contribution >= 4 is 17.9 Å². The quantitative estimate of drug-likeness (QED) is 0.865. The van der Waals surface area contributed by atoms with Gasteiger partial charge in [0, 0.05) is 19.2 Å². The van der Waals surface area contributed by atoms with Crippen LogP contribution in [0.15, 0.2) is 36.4 Å². The van der Waals surface area contributed by atoms with Crippen molar-refractivity contribution in [3.05, 3.63) is 42.0 Å². The highest BCUT2D eigenvalue weighted by Gasteiger charge is 2.32. The Bertz CT molecular complexity index is 597. The maximum atomic E-state index is 12.3. The first-order valence-electron chi connectivity index (χ1n) is 9.01. The number of fused-ring (bicyclic) bond motifs is 1. The Balaban J connectivity index is 1.43. The number of nitrogens with one attached hydrogen (secondary N) is 1. The Morgan fingerprint density at radius 2 is 1.83 bits per heavy atom. The number of nitrogens with zero attached hydrogens (tertiary/aromatic N) is 1. The smallest absolute Gasteiger partial charge is 0.244 e. The van der Waals surface area contributed by atoms with Crippen LogP contribution in [0.4, 0.5) is 0 Å². The number of benzene rings is 1. The Morgan fingerprint density at radius 3 is 2.62 bits per heavy atom. The van der Waals surface area contributed by atoms with E-state index in [4.69, 9.17) is 0 Å². The Hall–Kier alpha value is -2.10. The summed E-state index contributed by atoms with van der Waals surface area (Å²) in [7, 11) is 0. The van der Waals surface area contributed by atoms with Crippen LogP contribution in [0.3, 0.4) is 0 Å². The van der Waals surface area contributed by atoms with Crippen LogP contribution in [0.1, 0.15) is 37.7 Å². The van der Waals surface area contributed by atoms with E-state index in [1.807, 2.05) is 35.2 Å². The summed E-state index contributed by atoms with van der Waals surface area (Å²) in [6.45, 7) is 1.81. The molecule has 128 valence electrons. The maximum Gasteiger partial charge on any atom is 0.244 e. The van der Waals surface area contributed by atoms with Crippen LogP contribution in [0.2, 0.25) is 0 Å².